The lowest BCUT2D eigenvalue weighted by atomic mass is 9.98. The van der Waals surface area contributed by atoms with Gasteiger partial charge < -0.3 is 60.6 Å². The van der Waals surface area contributed by atoms with Gasteiger partial charge in [-0.05, 0) is 179 Å². The molecule has 4 aliphatic rings. The second-order valence-corrected chi connectivity index (χ2v) is 31.8. The molecule has 0 fully saturated rings. The maximum atomic E-state index is 15.4. The Morgan fingerprint density at radius 3 is 1.09 bits per heavy atom. The first-order valence-electron chi connectivity index (χ1n) is 43.7. The lowest BCUT2D eigenvalue weighted by Crippen LogP contribution is -2.49. The average Bonchev–Trinajstić information content (AvgIpc) is 1.61. The number of carbonyl (C=O) groups is 4. The van der Waals surface area contributed by atoms with Crippen LogP contribution in [0.15, 0.2) is 281 Å². The first-order valence-corrected chi connectivity index (χ1v) is 43.7. The van der Waals surface area contributed by atoms with Gasteiger partial charge in [-0.25, -0.2) is 43.9 Å². The summed E-state index contributed by atoms with van der Waals surface area (Å²) in [6.45, 7) is -0.340. The molecule has 16 rings (SSSR count). The molecule has 12 aromatic rings. The smallest absolute Gasteiger partial charge is 0.252 e. The molecule has 4 amide bonds. The Morgan fingerprint density at radius 2 is 0.714 bits per heavy atom. The van der Waals surface area contributed by atoms with Crippen molar-refractivity contribution in [3.63, 3.8) is 0 Å². The van der Waals surface area contributed by atoms with Crippen molar-refractivity contribution in [2.24, 2.45) is 20.0 Å². The summed E-state index contributed by atoms with van der Waals surface area (Å²) in [4.78, 5) is 81.5. The molecule has 8 atom stereocenters. The predicted octanol–water partition coefficient (Wildman–Crippen LogP) is 12.1. The SMILES string of the molecule is COC[C@@H](O)[C@@H](Cn1nccn1)NC(=O)c1cccc(F)c1C1=NCC(c2ccc(F)cc2)=C1.CO[C@H](CO)[C@@H](Cc1ccccn1)NC(=O)c1cccc(F)c1C1=NCC(c2ccc(F)cc2)=C1.CO[C@H](CO)[C@@H](Cc1ncccc1F)NC(=O)c1cccc(F)c1C1=NCC(c2ccc(F)cc2)=C1.CO[C@H](CO)[C@@H](Cn1nccn1)NC(=O)c1cccc(F)c1C1=NCC(c2ccc(F)cc2)=C1F. The minimum Gasteiger partial charge on any atom is -0.394 e. The van der Waals surface area contributed by atoms with E-state index in [2.05, 4.69) is 71.6 Å². The number of benzene rings is 8. The standard InChI is InChI=1S/C27H24F3N3O3.C27H25F2N3O3.C24H22F3N5O3.C24H23F2N5O3/c1-36-25(15-34)23(13-22-20(29)6-3-11-31-22)33-27(35)19-4-2-5-21(30)26(19)24-12-17(14-32-24)16-7-9-18(28)10-8-16;1-35-25(16-33)23(14-20-5-2-3-12-30-20)32-27(34)21-6-4-7-22(29)26(21)24-13-18(15-31-24)17-8-10-19(28)11-9-17;1-35-20(13-33)19(12-32-29-9-10-30-32)31-24(34)16-3-2-4-18(26)21(16)23-22(27)17(11-28-23)14-5-7-15(25)8-6-14;1-34-14-22(32)21(13-31-28-9-10-29-31)30-24(33)18-3-2-4-19(26)23(18)20-11-16(12-27-20)15-5-7-17(25)8-6-15/h2-12,23,25,34H,13-15H2,1H3,(H,33,35);2-13,23,25,33H,14-16H2,1H3,(H,32,34);2-10,19-20,33H,11-13H2,1H3,(H,31,34);2-11,21-22,32H,12-14H2,1H3,(H,30,33)/t2*23-,25-;19-,20-;21-,22-/m1111/s1. The summed E-state index contributed by atoms with van der Waals surface area (Å²) in [5.74, 6) is -8.05. The molecule has 8 aromatic carbocycles. The van der Waals surface area contributed by atoms with Crippen LogP contribution < -0.4 is 21.3 Å². The van der Waals surface area contributed by atoms with Gasteiger partial charge in [-0.1, -0.05) is 78.9 Å². The summed E-state index contributed by atoms with van der Waals surface area (Å²) >= 11 is 0. The van der Waals surface area contributed by atoms with E-state index in [1.54, 1.807) is 66.9 Å². The number of nitrogens with one attached hydrogen (secondary N) is 4. The van der Waals surface area contributed by atoms with Crippen molar-refractivity contribution in [2.45, 2.75) is 74.5 Å². The maximum Gasteiger partial charge on any atom is 0.252 e. The van der Waals surface area contributed by atoms with Gasteiger partial charge in [-0.3, -0.25) is 49.1 Å². The second-order valence-electron chi connectivity index (χ2n) is 31.8. The average molecular weight is 1930 g/mol. The molecule has 0 unspecified atom stereocenters. The summed E-state index contributed by atoms with van der Waals surface area (Å²) in [5, 5.41) is 66.7. The Kier molecular flexibility index (Phi) is 36.0. The summed E-state index contributed by atoms with van der Waals surface area (Å²) in [7, 11) is 5.61. The zero-order chi connectivity index (χ0) is 99.5. The molecular weight excluding hydrogens is 1830 g/mol. The third-order valence-corrected chi connectivity index (χ3v) is 22.9. The lowest BCUT2D eigenvalue weighted by Gasteiger charge is -2.26. The van der Waals surface area contributed by atoms with E-state index in [0.29, 0.717) is 29.1 Å². The minimum atomic E-state index is -1.05. The maximum absolute atomic E-state index is 15.4. The fraction of sp³-hybridized carbons (Fsp3) is 0.235. The van der Waals surface area contributed by atoms with Crippen LogP contribution in [0.5, 0.6) is 0 Å². The van der Waals surface area contributed by atoms with E-state index in [1.807, 2.05) is 12.1 Å². The zero-order valence-electron chi connectivity index (χ0n) is 75.6. The normalized spacial score (nSPS) is 14.9. The molecule has 0 saturated carbocycles. The van der Waals surface area contributed by atoms with Gasteiger partial charge in [0.05, 0.1) is 171 Å². The molecule has 724 valence electrons. The number of aromatic nitrogens is 8. The summed E-state index contributed by atoms with van der Waals surface area (Å²) in [6.07, 6.45) is 10.8. The van der Waals surface area contributed by atoms with Gasteiger partial charge >= 0.3 is 0 Å². The first-order chi connectivity index (χ1) is 67.8. The van der Waals surface area contributed by atoms with E-state index in [1.165, 1.54) is 209 Å². The Balaban J connectivity index is 0.000000157. The molecule has 8 N–H and O–H groups in total. The quantitative estimate of drug-likeness (QED) is 0.0169. The van der Waals surface area contributed by atoms with Crippen LogP contribution in [0.3, 0.4) is 0 Å². The number of aliphatic hydroxyl groups is 4. The largest absolute Gasteiger partial charge is 0.394 e. The highest BCUT2D eigenvalue weighted by molar-refractivity contribution is 6.23. The van der Waals surface area contributed by atoms with Crippen LogP contribution in [0.25, 0.3) is 22.3 Å². The van der Waals surface area contributed by atoms with Gasteiger partial charge in [0.25, 0.3) is 23.6 Å². The number of halogens is 10. The van der Waals surface area contributed by atoms with Crippen molar-refractivity contribution in [1.82, 2.24) is 61.2 Å². The number of rotatable bonds is 36. The molecule has 0 aliphatic carbocycles. The summed E-state index contributed by atoms with van der Waals surface area (Å²) in [5.41, 5.74) is 6.46. The Labute approximate surface area is 796 Å². The van der Waals surface area contributed by atoms with Crippen molar-refractivity contribution in [2.75, 3.05) is 81.0 Å². The number of pyridine rings is 2. The second kappa shape index (κ2) is 49.2. The van der Waals surface area contributed by atoms with E-state index in [4.69, 9.17) is 18.9 Å². The van der Waals surface area contributed by atoms with Gasteiger partial charge in [0, 0.05) is 81.6 Å². The molecule has 0 saturated heterocycles. The molecule has 0 spiro atoms. The van der Waals surface area contributed by atoms with Gasteiger partial charge in [0.15, 0.2) is 5.83 Å². The molecule has 0 radical (unpaired) electrons. The van der Waals surface area contributed by atoms with Gasteiger partial charge in [-0.15, -0.1) is 0 Å². The van der Waals surface area contributed by atoms with Crippen molar-refractivity contribution in [1.29, 1.82) is 0 Å². The van der Waals surface area contributed by atoms with Crippen LogP contribution in [0.2, 0.25) is 0 Å². The van der Waals surface area contributed by atoms with E-state index < -0.39 is 126 Å². The van der Waals surface area contributed by atoms with Gasteiger partial charge in [-0.2, -0.15) is 30.0 Å². The Morgan fingerprint density at radius 1 is 0.364 bits per heavy atom. The highest BCUT2D eigenvalue weighted by atomic mass is 19.2. The van der Waals surface area contributed by atoms with Gasteiger partial charge in [0.1, 0.15) is 76.4 Å². The van der Waals surface area contributed by atoms with Crippen LogP contribution in [0.4, 0.5) is 43.9 Å². The number of carbonyl (C=O) groups excluding carboxylic acids is 4. The van der Waals surface area contributed by atoms with Gasteiger partial charge in [0.2, 0.25) is 0 Å². The van der Waals surface area contributed by atoms with Crippen molar-refractivity contribution < 1.29 is 102 Å². The number of aliphatic hydroxyl groups excluding tert-OH is 4. The monoisotopic (exact) mass is 1920 g/mol. The lowest BCUT2D eigenvalue weighted by molar-refractivity contribution is 0.0156. The number of allylic oxidation sites excluding steroid dienone is 4. The summed E-state index contributed by atoms with van der Waals surface area (Å²) < 4.78 is 164. The van der Waals surface area contributed by atoms with Crippen LogP contribution in [-0.2, 0) is 44.9 Å². The summed E-state index contributed by atoms with van der Waals surface area (Å²) in [6, 6.07) is 44.4. The van der Waals surface area contributed by atoms with Crippen LogP contribution in [-0.4, -0.2) is 236 Å². The van der Waals surface area contributed by atoms with E-state index in [0.717, 1.165) is 39.5 Å². The Bertz CT molecular complexity index is 6590. The third-order valence-electron chi connectivity index (χ3n) is 22.9. The molecule has 38 heteroatoms. The van der Waals surface area contributed by atoms with E-state index in [-0.39, 0.29) is 144 Å². The highest BCUT2D eigenvalue weighted by Gasteiger charge is 2.36. The third kappa shape index (κ3) is 26.0. The fourth-order valence-corrected chi connectivity index (χ4v) is 15.6. The number of nitrogens with zero attached hydrogens (tertiary/aromatic N) is 12. The number of hydrogen-bond donors (Lipinski definition) is 8. The topological polar surface area (TPSA) is 371 Å². The molecule has 28 nitrogen and oxygen atoms in total. The molecular formula is C102H94F10N16O12. The number of ether oxygens (including phenoxy) is 4. The molecule has 140 heavy (non-hydrogen) atoms. The zero-order valence-corrected chi connectivity index (χ0v) is 75.6. The van der Waals surface area contributed by atoms with Crippen molar-refractivity contribution in [3.05, 3.63) is 392 Å². The van der Waals surface area contributed by atoms with Crippen LogP contribution in [0.1, 0.15) is 97.3 Å². The van der Waals surface area contributed by atoms with Crippen LogP contribution in [0, 0.1) is 52.4 Å². The van der Waals surface area contributed by atoms with E-state index in [9.17, 15) is 70.3 Å². The number of aliphatic imine (C=N–C) groups is 4. The van der Waals surface area contributed by atoms with E-state index >= 15 is 13.2 Å². The van der Waals surface area contributed by atoms with Crippen molar-refractivity contribution in [3.8, 4) is 0 Å². The molecule has 4 aromatic heterocycles. The fourth-order valence-electron chi connectivity index (χ4n) is 15.6. The highest BCUT2D eigenvalue weighted by Crippen LogP contribution is 2.34. The first kappa shape index (κ1) is 102. The molecule has 8 heterocycles. The molecule has 4 aliphatic heterocycles. The number of methoxy groups -OCH3 is 4. The van der Waals surface area contributed by atoms with Crippen LogP contribution >= 0.6 is 0 Å². The minimum absolute atomic E-state index is 0.00726. The number of hydrogen-bond acceptors (Lipinski definition) is 22. The Hall–Kier alpha value is -15.2. The molecule has 0 bridgehead atoms. The number of amides is 4. The van der Waals surface area contributed by atoms with Crippen molar-refractivity contribution >= 4 is 68.8 Å². The predicted molar refractivity (Wildman–Crippen MR) is 501 cm³/mol.